The summed E-state index contributed by atoms with van der Waals surface area (Å²) in [5, 5.41) is 5.76. The van der Waals surface area contributed by atoms with Gasteiger partial charge in [0.15, 0.2) is 5.88 Å². The van der Waals surface area contributed by atoms with Crippen molar-refractivity contribution in [1.82, 2.24) is 5.43 Å². The van der Waals surface area contributed by atoms with Crippen molar-refractivity contribution in [2.75, 3.05) is 5.73 Å². The highest BCUT2D eigenvalue weighted by Crippen LogP contribution is 2.18. The average Bonchev–Trinajstić information content (AvgIpc) is 2.92. The van der Waals surface area contributed by atoms with Gasteiger partial charge in [0.1, 0.15) is 5.76 Å². The van der Waals surface area contributed by atoms with Crippen LogP contribution in [-0.2, 0) is 0 Å². The maximum atomic E-state index is 12.2. The number of nitrogens with one attached hydrogen (secondary N) is 1. The third-order valence-electron chi connectivity index (χ3n) is 3.04. The van der Waals surface area contributed by atoms with Crippen LogP contribution < -0.4 is 11.2 Å². The second kappa shape index (κ2) is 5.50. The van der Waals surface area contributed by atoms with Crippen molar-refractivity contribution < 1.29 is 9.21 Å². The average molecular weight is 279 g/mol. The Bertz CT molecular complexity index is 816. The van der Waals surface area contributed by atoms with Gasteiger partial charge in [0, 0.05) is 11.6 Å². The molecule has 0 aliphatic heterocycles. The first-order chi connectivity index (χ1) is 10.2. The van der Waals surface area contributed by atoms with Crippen LogP contribution >= 0.6 is 0 Å². The van der Waals surface area contributed by atoms with Crippen molar-refractivity contribution in [2.45, 2.75) is 0 Å². The summed E-state index contributed by atoms with van der Waals surface area (Å²) >= 11 is 0. The van der Waals surface area contributed by atoms with E-state index in [1.165, 1.54) is 6.21 Å². The van der Waals surface area contributed by atoms with Crippen molar-refractivity contribution in [2.24, 2.45) is 5.10 Å². The molecule has 3 rings (SSSR count). The molecule has 5 nitrogen and oxygen atoms in total. The number of anilines is 1. The molecular formula is C16H13N3O2. The largest absolute Gasteiger partial charge is 0.440 e. The predicted molar refractivity (Wildman–Crippen MR) is 82.1 cm³/mol. The Kier molecular flexibility index (Phi) is 3.39. The van der Waals surface area contributed by atoms with Crippen molar-refractivity contribution in [3.63, 3.8) is 0 Å². The van der Waals surface area contributed by atoms with E-state index in [0.717, 1.165) is 10.8 Å². The van der Waals surface area contributed by atoms with Crippen molar-refractivity contribution in [3.8, 4) is 0 Å². The molecule has 2 aromatic carbocycles. The smallest absolute Gasteiger partial charge is 0.271 e. The monoisotopic (exact) mass is 279 g/mol. The van der Waals surface area contributed by atoms with Gasteiger partial charge in [-0.3, -0.25) is 4.79 Å². The van der Waals surface area contributed by atoms with Crippen LogP contribution in [0.25, 0.3) is 10.8 Å². The van der Waals surface area contributed by atoms with E-state index in [4.69, 9.17) is 10.2 Å². The SMILES string of the molecule is Nc1ccc(/C=N/NC(=O)c2cccc3ccccc23)o1. The number of nitrogens with zero attached hydrogens (tertiary/aromatic N) is 1. The Morgan fingerprint density at radius 3 is 2.71 bits per heavy atom. The van der Waals surface area contributed by atoms with Crippen LogP contribution in [0, 0.1) is 0 Å². The molecule has 0 saturated carbocycles. The number of hydrogen-bond donors (Lipinski definition) is 2. The van der Waals surface area contributed by atoms with Crippen molar-refractivity contribution in [1.29, 1.82) is 0 Å². The second-order valence-electron chi connectivity index (χ2n) is 4.47. The van der Waals surface area contributed by atoms with Crippen LogP contribution in [0.3, 0.4) is 0 Å². The highest BCUT2D eigenvalue weighted by molar-refractivity contribution is 6.07. The van der Waals surface area contributed by atoms with E-state index in [1.54, 1.807) is 18.2 Å². The fraction of sp³-hybridized carbons (Fsp3) is 0. The van der Waals surface area contributed by atoms with E-state index in [9.17, 15) is 4.79 Å². The topological polar surface area (TPSA) is 80.6 Å². The summed E-state index contributed by atoms with van der Waals surface area (Å²) in [7, 11) is 0. The normalized spacial score (nSPS) is 11.0. The molecule has 0 radical (unpaired) electrons. The molecule has 1 amide bonds. The number of benzene rings is 2. The number of fused-ring (bicyclic) bond motifs is 1. The summed E-state index contributed by atoms with van der Waals surface area (Å²) in [5.41, 5.74) is 8.50. The zero-order valence-corrected chi connectivity index (χ0v) is 11.1. The van der Waals surface area contributed by atoms with E-state index in [1.807, 2.05) is 36.4 Å². The van der Waals surface area contributed by atoms with Gasteiger partial charge < -0.3 is 10.2 Å². The lowest BCUT2D eigenvalue weighted by molar-refractivity contribution is 0.0957. The molecular weight excluding hydrogens is 266 g/mol. The number of carbonyl (C=O) groups is 1. The molecule has 1 aromatic heterocycles. The summed E-state index contributed by atoms with van der Waals surface area (Å²) in [4.78, 5) is 12.2. The molecule has 0 aliphatic rings. The zero-order valence-electron chi connectivity index (χ0n) is 11.1. The van der Waals surface area contributed by atoms with Crippen LogP contribution in [0.5, 0.6) is 0 Å². The lowest BCUT2D eigenvalue weighted by atomic mass is 10.0. The van der Waals surface area contributed by atoms with Crippen LogP contribution in [0.15, 0.2) is 64.1 Å². The molecule has 1 heterocycles. The Morgan fingerprint density at radius 1 is 1.10 bits per heavy atom. The maximum absolute atomic E-state index is 12.2. The van der Waals surface area contributed by atoms with E-state index in [-0.39, 0.29) is 5.91 Å². The quantitative estimate of drug-likeness (QED) is 0.571. The molecule has 0 spiro atoms. The number of carbonyl (C=O) groups excluding carboxylic acids is 1. The summed E-state index contributed by atoms with van der Waals surface area (Å²) < 4.78 is 5.12. The predicted octanol–water partition coefficient (Wildman–Crippen LogP) is 2.78. The van der Waals surface area contributed by atoms with E-state index in [2.05, 4.69) is 10.5 Å². The number of nitrogens with two attached hydrogens (primary N) is 1. The first kappa shape index (κ1) is 12.9. The fourth-order valence-corrected chi connectivity index (χ4v) is 2.08. The van der Waals surface area contributed by atoms with Crippen LogP contribution in [-0.4, -0.2) is 12.1 Å². The van der Waals surface area contributed by atoms with Gasteiger partial charge in [-0.25, -0.2) is 5.43 Å². The van der Waals surface area contributed by atoms with E-state index >= 15 is 0 Å². The Morgan fingerprint density at radius 2 is 1.90 bits per heavy atom. The fourth-order valence-electron chi connectivity index (χ4n) is 2.08. The first-order valence-corrected chi connectivity index (χ1v) is 6.40. The standard InChI is InChI=1S/C16H13N3O2/c17-15-9-8-12(21-15)10-18-19-16(20)14-7-3-5-11-4-1-2-6-13(11)14/h1-10H,17H2,(H,19,20)/b18-10+. The van der Waals surface area contributed by atoms with Crippen molar-refractivity contribution in [3.05, 3.63) is 65.9 Å². The lowest BCUT2D eigenvalue weighted by Crippen LogP contribution is -2.17. The van der Waals surface area contributed by atoms with Gasteiger partial charge in [-0.1, -0.05) is 36.4 Å². The highest BCUT2D eigenvalue weighted by Gasteiger charge is 2.08. The number of amides is 1. The molecule has 0 atom stereocenters. The minimum absolute atomic E-state index is 0.275. The number of nitrogen functional groups attached to an aromatic ring is 1. The van der Waals surface area contributed by atoms with Crippen LogP contribution in [0.1, 0.15) is 16.1 Å². The number of rotatable bonds is 3. The lowest BCUT2D eigenvalue weighted by Gasteiger charge is -2.04. The summed E-state index contributed by atoms with van der Waals surface area (Å²) in [6.07, 6.45) is 1.40. The number of hydrogen-bond acceptors (Lipinski definition) is 4. The third kappa shape index (κ3) is 2.76. The third-order valence-corrected chi connectivity index (χ3v) is 3.04. The summed E-state index contributed by atoms with van der Waals surface area (Å²) in [6, 6.07) is 16.5. The van der Waals surface area contributed by atoms with E-state index in [0.29, 0.717) is 17.2 Å². The Balaban J connectivity index is 1.80. The van der Waals surface area contributed by atoms with Gasteiger partial charge in [-0.2, -0.15) is 5.10 Å². The molecule has 0 unspecified atom stereocenters. The van der Waals surface area contributed by atoms with Gasteiger partial charge in [-0.05, 0) is 22.9 Å². The molecule has 0 bridgehead atoms. The van der Waals surface area contributed by atoms with Crippen LogP contribution in [0.4, 0.5) is 5.88 Å². The first-order valence-electron chi connectivity index (χ1n) is 6.40. The number of hydrazone groups is 1. The minimum atomic E-state index is -0.275. The minimum Gasteiger partial charge on any atom is -0.440 e. The zero-order chi connectivity index (χ0) is 14.7. The van der Waals surface area contributed by atoms with Gasteiger partial charge in [0.25, 0.3) is 5.91 Å². The van der Waals surface area contributed by atoms with Gasteiger partial charge in [0.2, 0.25) is 0 Å². The highest BCUT2D eigenvalue weighted by atomic mass is 16.3. The van der Waals surface area contributed by atoms with Gasteiger partial charge >= 0.3 is 0 Å². The maximum Gasteiger partial charge on any atom is 0.271 e. The van der Waals surface area contributed by atoms with Gasteiger partial charge in [0.05, 0.1) is 6.21 Å². The second-order valence-corrected chi connectivity index (χ2v) is 4.47. The molecule has 5 heteroatoms. The molecule has 0 fully saturated rings. The Labute approximate surface area is 121 Å². The van der Waals surface area contributed by atoms with Crippen molar-refractivity contribution >= 4 is 28.8 Å². The summed E-state index contributed by atoms with van der Waals surface area (Å²) in [6.45, 7) is 0. The molecule has 104 valence electrons. The Hall–Kier alpha value is -3.08. The summed E-state index contributed by atoms with van der Waals surface area (Å²) in [5.74, 6) is 0.505. The van der Waals surface area contributed by atoms with Gasteiger partial charge in [-0.15, -0.1) is 0 Å². The van der Waals surface area contributed by atoms with E-state index < -0.39 is 0 Å². The molecule has 0 aliphatic carbocycles. The molecule has 3 aromatic rings. The number of furan rings is 1. The molecule has 0 saturated heterocycles. The van der Waals surface area contributed by atoms with Crippen LogP contribution in [0.2, 0.25) is 0 Å². The molecule has 21 heavy (non-hydrogen) atoms. The molecule has 3 N–H and O–H groups in total.